The van der Waals surface area contributed by atoms with Gasteiger partial charge in [-0.05, 0) is 55.2 Å². The van der Waals surface area contributed by atoms with Crippen LogP contribution in [-0.2, 0) is 11.2 Å². The molecule has 1 saturated heterocycles. The molecule has 0 spiro atoms. The lowest BCUT2D eigenvalue weighted by Gasteiger charge is -2.31. The number of halogens is 1. The normalized spacial score (nSPS) is 15.6. The average molecular weight is 498 g/mol. The molecule has 1 fully saturated rings. The maximum absolute atomic E-state index is 13.0. The molecule has 10 heteroatoms. The molecule has 8 nitrogen and oxygen atoms in total. The molecule has 2 aromatic carbocycles. The van der Waals surface area contributed by atoms with E-state index in [0.29, 0.717) is 36.6 Å². The number of nitrogens with one attached hydrogen (secondary N) is 2. The molecule has 176 valence electrons. The van der Waals surface area contributed by atoms with Gasteiger partial charge >= 0.3 is 0 Å². The predicted octanol–water partition coefficient (Wildman–Crippen LogP) is 4.50. The van der Waals surface area contributed by atoms with Gasteiger partial charge in [0.1, 0.15) is 0 Å². The first-order valence-electron chi connectivity index (χ1n) is 11.0. The van der Waals surface area contributed by atoms with Gasteiger partial charge in [-0.15, -0.1) is 10.2 Å². The Kier molecular flexibility index (Phi) is 7.54. The van der Waals surface area contributed by atoms with Gasteiger partial charge in [0.05, 0.1) is 5.92 Å². The standard InChI is InChI=1S/C24H24ClN5O3S/c1-2-15-6-3-9-18(12-15)26-20(31)16-7-5-11-30(14-16)24(33)23-29-28-22(34-23)21(32)27-19-10-4-8-17(25)13-19/h3-4,6,8-10,12-13,16H,2,5,7,11,14H2,1H3,(H,26,31)(H,27,32)/t16-/m1/s1. The smallest absolute Gasteiger partial charge is 0.286 e. The summed E-state index contributed by atoms with van der Waals surface area (Å²) in [4.78, 5) is 39.9. The second-order valence-electron chi connectivity index (χ2n) is 8.01. The fourth-order valence-corrected chi connectivity index (χ4v) is 4.67. The van der Waals surface area contributed by atoms with E-state index in [2.05, 4.69) is 27.8 Å². The molecule has 1 aliphatic rings. The highest BCUT2D eigenvalue weighted by Crippen LogP contribution is 2.23. The van der Waals surface area contributed by atoms with Crippen LogP contribution in [0.2, 0.25) is 5.02 Å². The molecule has 1 atom stereocenters. The quantitative estimate of drug-likeness (QED) is 0.522. The molecule has 0 saturated carbocycles. The minimum absolute atomic E-state index is 0.0745. The van der Waals surface area contributed by atoms with Gasteiger partial charge in [-0.3, -0.25) is 14.4 Å². The van der Waals surface area contributed by atoms with Gasteiger partial charge in [-0.2, -0.15) is 0 Å². The summed E-state index contributed by atoms with van der Waals surface area (Å²) in [6.07, 6.45) is 2.29. The average Bonchev–Trinajstić information content (AvgIpc) is 3.34. The highest BCUT2D eigenvalue weighted by atomic mass is 35.5. The van der Waals surface area contributed by atoms with E-state index >= 15 is 0 Å². The molecule has 1 aliphatic heterocycles. The van der Waals surface area contributed by atoms with Gasteiger partial charge in [0, 0.05) is 29.5 Å². The molecule has 0 radical (unpaired) electrons. The molecule has 2 N–H and O–H groups in total. The van der Waals surface area contributed by atoms with Crippen LogP contribution in [0.3, 0.4) is 0 Å². The van der Waals surface area contributed by atoms with E-state index in [0.717, 1.165) is 29.0 Å². The van der Waals surface area contributed by atoms with Gasteiger partial charge in [0.15, 0.2) is 0 Å². The van der Waals surface area contributed by atoms with E-state index in [1.54, 1.807) is 29.2 Å². The van der Waals surface area contributed by atoms with Crippen molar-refractivity contribution in [2.75, 3.05) is 23.7 Å². The number of carbonyl (C=O) groups is 3. The predicted molar refractivity (Wildman–Crippen MR) is 132 cm³/mol. The molecule has 34 heavy (non-hydrogen) atoms. The SMILES string of the molecule is CCc1cccc(NC(=O)[C@@H]2CCCN(C(=O)c3nnc(C(=O)Nc4cccc(Cl)c4)s3)C2)c1. The summed E-state index contributed by atoms with van der Waals surface area (Å²) in [6.45, 7) is 2.88. The van der Waals surface area contributed by atoms with Crippen LogP contribution in [0.15, 0.2) is 48.5 Å². The van der Waals surface area contributed by atoms with Crippen LogP contribution in [0.1, 0.15) is 44.9 Å². The van der Waals surface area contributed by atoms with Crippen LogP contribution in [-0.4, -0.2) is 45.9 Å². The molecular formula is C24H24ClN5O3S. The second kappa shape index (κ2) is 10.8. The number of benzene rings is 2. The topological polar surface area (TPSA) is 104 Å². The number of hydrogen-bond acceptors (Lipinski definition) is 6. The van der Waals surface area contributed by atoms with E-state index in [1.807, 2.05) is 24.3 Å². The summed E-state index contributed by atoms with van der Waals surface area (Å²) < 4.78 is 0. The van der Waals surface area contributed by atoms with Gasteiger partial charge in [0.2, 0.25) is 15.9 Å². The van der Waals surface area contributed by atoms with Gasteiger partial charge in [0.25, 0.3) is 11.8 Å². The van der Waals surface area contributed by atoms with Crippen LogP contribution < -0.4 is 10.6 Å². The van der Waals surface area contributed by atoms with E-state index in [4.69, 9.17) is 11.6 Å². The Bertz CT molecular complexity index is 1210. The van der Waals surface area contributed by atoms with Crippen LogP contribution in [0.25, 0.3) is 0 Å². The lowest BCUT2D eigenvalue weighted by atomic mass is 9.97. The Morgan fingerprint density at radius 3 is 2.56 bits per heavy atom. The Morgan fingerprint density at radius 2 is 1.79 bits per heavy atom. The molecule has 2 heterocycles. The fraction of sp³-hybridized carbons (Fsp3) is 0.292. The van der Waals surface area contributed by atoms with Crippen LogP contribution in [0.4, 0.5) is 11.4 Å². The molecular weight excluding hydrogens is 474 g/mol. The van der Waals surface area contributed by atoms with Gasteiger partial charge in [-0.25, -0.2) is 0 Å². The zero-order valence-electron chi connectivity index (χ0n) is 18.6. The Balaban J connectivity index is 1.37. The first kappa shape index (κ1) is 23.8. The Hall–Kier alpha value is -3.30. The molecule has 0 unspecified atom stereocenters. The monoisotopic (exact) mass is 497 g/mol. The van der Waals surface area contributed by atoms with E-state index in [-0.39, 0.29) is 27.7 Å². The maximum atomic E-state index is 13.0. The summed E-state index contributed by atoms with van der Waals surface area (Å²) in [5.41, 5.74) is 2.42. The fourth-order valence-electron chi connectivity index (χ4n) is 3.78. The number of nitrogens with zero attached hydrogens (tertiary/aromatic N) is 3. The number of rotatable bonds is 6. The molecule has 1 aromatic heterocycles. The number of anilines is 2. The third-order valence-electron chi connectivity index (χ3n) is 5.57. The highest BCUT2D eigenvalue weighted by Gasteiger charge is 2.31. The maximum Gasteiger partial charge on any atom is 0.286 e. The third kappa shape index (κ3) is 5.78. The van der Waals surface area contributed by atoms with Crippen molar-refractivity contribution >= 4 is 52.0 Å². The number of piperidine rings is 1. The first-order chi connectivity index (χ1) is 16.4. The molecule has 4 rings (SSSR count). The van der Waals surface area contributed by atoms with Crippen molar-refractivity contribution in [1.29, 1.82) is 0 Å². The van der Waals surface area contributed by atoms with Crippen molar-refractivity contribution in [1.82, 2.24) is 15.1 Å². The number of likely N-dealkylation sites (tertiary alicyclic amines) is 1. The number of hydrogen-bond donors (Lipinski definition) is 2. The van der Waals surface area contributed by atoms with Crippen LogP contribution in [0.5, 0.6) is 0 Å². The van der Waals surface area contributed by atoms with E-state index < -0.39 is 5.91 Å². The van der Waals surface area contributed by atoms with E-state index in [9.17, 15) is 14.4 Å². The van der Waals surface area contributed by atoms with Crippen molar-refractivity contribution in [3.63, 3.8) is 0 Å². The highest BCUT2D eigenvalue weighted by molar-refractivity contribution is 7.15. The Labute approximate surface area is 206 Å². The largest absolute Gasteiger partial charge is 0.336 e. The van der Waals surface area contributed by atoms with Crippen molar-refractivity contribution in [2.45, 2.75) is 26.2 Å². The lowest BCUT2D eigenvalue weighted by molar-refractivity contribution is -0.121. The minimum Gasteiger partial charge on any atom is -0.336 e. The molecule has 0 bridgehead atoms. The minimum atomic E-state index is -0.468. The number of carbonyl (C=O) groups excluding carboxylic acids is 3. The second-order valence-corrected chi connectivity index (χ2v) is 9.42. The number of amides is 3. The Morgan fingerprint density at radius 1 is 1.06 bits per heavy atom. The lowest BCUT2D eigenvalue weighted by Crippen LogP contribution is -2.43. The summed E-state index contributed by atoms with van der Waals surface area (Å²) in [5.74, 6) is -1.22. The zero-order chi connectivity index (χ0) is 24.1. The summed E-state index contributed by atoms with van der Waals surface area (Å²) in [7, 11) is 0. The zero-order valence-corrected chi connectivity index (χ0v) is 20.2. The summed E-state index contributed by atoms with van der Waals surface area (Å²) in [6, 6.07) is 14.5. The molecule has 0 aliphatic carbocycles. The summed E-state index contributed by atoms with van der Waals surface area (Å²) in [5, 5.41) is 14.1. The third-order valence-corrected chi connectivity index (χ3v) is 6.71. The first-order valence-corrected chi connectivity index (χ1v) is 12.2. The van der Waals surface area contributed by atoms with Crippen molar-refractivity contribution in [3.05, 3.63) is 69.1 Å². The summed E-state index contributed by atoms with van der Waals surface area (Å²) >= 11 is 6.87. The van der Waals surface area contributed by atoms with Crippen molar-refractivity contribution < 1.29 is 14.4 Å². The molecule has 3 amide bonds. The number of aryl methyl sites for hydroxylation is 1. The van der Waals surface area contributed by atoms with E-state index in [1.165, 1.54) is 0 Å². The van der Waals surface area contributed by atoms with Crippen molar-refractivity contribution in [3.8, 4) is 0 Å². The number of aromatic nitrogens is 2. The van der Waals surface area contributed by atoms with Crippen molar-refractivity contribution in [2.24, 2.45) is 5.92 Å². The molecule has 3 aromatic rings. The van der Waals surface area contributed by atoms with Crippen LogP contribution in [0, 0.1) is 5.92 Å². The van der Waals surface area contributed by atoms with Gasteiger partial charge in [-0.1, -0.05) is 48.1 Å². The van der Waals surface area contributed by atoms with Gasteiger partial charge < -0.3 is 15.5 Å². The van der Waals surface area contributed by atoms with Crippen LogP contribution >= 0.6 is 22.9 Å².